The summed E-state index contributed by atoms with van der Waals surface area (Å²) in [4.78, 5) is 7.43. The second kappa shape index (κ2) is 9.14. The van der Waals surface area contributed by atoms with E-state index in [2.05, 4.69) is 26.4 Å². The molecule has 0 aliphatic carbocycles. The van der Waals surface area contributed by atoms with Crippen molar-refractivity contribution in [2.75, 3.05) is 25.4 Å². The van der Waals surface area contributed by atoms with E-state index >= 15 is 0 Å². The Balaban J connectivity index is 2.27. The fourth-order valence-corrected chi connectivity index (χ4v) is 2.52. The van der Waals surface area contributed by atoms with Gasteiger partial charge in [0, 0.05) is 11.6 Å². The molecule has 2 rings (SSSR count). The minimum atomic E-state index is -4.62. The zero-order chi connectivity index (χ0) is 19.9. The maximum absolute atomic E-state index is 13.0. The number of methoxy groups -OCH3 is 2. The Hall–Kier alpha value is -2.93. The predicted octanol–water partition coefficient (Wildman–Crippen LogP) is 3.68. The highest BCUT2D eigenvalue weighted by atomic mass is 32.2. The lowest BCUT2D eigenvalue weighted by atomic mass is 10.2. The number of nitrogens with one attached hydrogen (secondary N) is 1. The van der Waals surface area contributed by atoms with E-state index in [1.54, 1.807) is 18.2 Å². The molecule has 0 radical (unpaired) electrons. The van der Waals surface area contributed by atoms with Gasteiger partial charge in [-0.1, -0.05) is 23.7 Å². The molecule has 0 atom stereocenters. The number of alkyl halides is 3. The summed E-state index contributed by atoms with van der Waals surface area (Å²) in [7, 11) is 2.96. The Morgan fingerprint density at radius 3 is 2.70 bits per heavy atom. The number of aromatic nitrogens is 2. The van der Waals surface area contributed by atoms with Crippen LogP contribution < -0.4 is 14.9 Å². The molecule has 0 saturated heterocycles. The summed E-state index contributed by atoms with van der Waals surface area (Å²) in [6.07, 6.45) is 1.88. The van der Waals surface area contributed by atoms with Gasteiger partial charge in [-0.25, -0.2) is 9.97 Å². The molecule has 1 heterocycles. The van der Waals surface area contributed by atoms with Crippen molar-refractivity contribution in [3.63, 3.8) is 0 Å². The number of anilines is 1. The van der Waals surface area contributed by atoms with E-state index in [-0.39, 0.29) is 16.7 Å². The minimum Gasteiger partial charge on any atom is -0.493 e. The van der Waals surface area contributed by atoms with Gasteiger partial charge in [-0.15, -0.1) is 6.42 Å². The Kier molecular flexibility index (Phi) is 6.90. The number of ether oxygens (including phenoxy) is 2. The van der Waals surface area contributed by atoms with Gasteiger partial charge in [0.05, 0.1) is 26.2 Å². The Bertz CT molecular complexity index is 866. The molecule has 1 aromatic carbocycles. The molecule has 0 fully saturated rings. The van der Waals surface area contributed by atoms with E-state index in [4.69, 9.17) is 15.9 Å². The molecule has 10 heteroatoms. The van der Waals surface area contributed by atoms with E-state index in [0.29, 0.717) is 17.1 Å². The van der Waals surface area contributed by atoms with Crippen molar-refractivity contribution in [1.82, 2.24) is 9.97 Å². The number of rotatable bonds is 7. The maximum Gasteiger partial charge on any atom is 0.433 e. The van der Waals surface area contributed by atoms with Crippen molar-refractivity contribution in [1.29, 1.82) is 0 Å². The first-order valence-corrected chi connectivity index (χ1v) is 8.40. The lowest BCUT2D eigenvalue weighted by Gasteiger charge is -2.10. The number of para-hydroxylation sites is 1. The predicted molar refractivity (Wildman–Crippen MR) is 97.4 cm³/mol. The lowest BCUT2D eigenvalue weighted by Crippen LogP contribution is -2.11. The van der Waals surface area contributed by atoms with E-state index < -0.39 is 11.9 Å². The van der Waals surface area contributed by atoms with Crippen LogP contribution in [-0.4, -0.2) is 36.2 Å². The van der Waals surface area contributed by atoms with E-state index in [9.17, 15) is 13.2 Å². The summed E-state index contributed by atoms with van der Waals surface area (Å²) >= 11 is 0.919. The highest BCUT2D eigenvalue weighted by Crippen LogP contribution is 2.31. The molecular formula is C17H15F3N4O2S. The van der Waals surface area contributed by atoms with Gasteiger partial charge >= 0.3 is 6.18 Å². The number of hydrogen-bond donors (Lipinski definition) is 1. The van der Waals surface area contributed by atoms with Crippen LogP contribution in [0, 0.1) is 12.3 Å². The average Bonchev–Trinajstić information content (AvgIpc) is 2.65. The molecular weight excluding hydrogens is 381 g/mol. The van der Waals surface area contributed by atoms with Crippen molar-refractivity contribution in [3.05, 3.63) is 35.5 Å². The van der Waals surface area contributed by atoms with Crippen molar-refractivity contribution in [3.8, 4) is 23.8 Å². The largest absolute Gasteiger partial charge is 0.493 e. The number of terminal acetylenes is 1. The van der Waals surface area contributed by atoms with Gasteiger partial charge in [-0.05, 0) is 12.1 Å². The van der Waals surface area contributed by atoms with Crippen LogP contribution in [0.1, 0.15) is 11.3 Å². The number of halogens is 3. The fourth-order valence-electron chi connectivity index (χ4n) is 1.98. The Labute approximate surface area is 158 Å². The average molecular weight is 396 g/mol. The van der Waals surface area contributed by atoms with Gasteiger partial charge in [-0.3, -0.25) is 5.43 Å². The molecule has 0 unspecified atom stereocenters. The van der Waals surface area contributed by atoms with Gasteiger partial charge in [-0.2, -0.15) is 18.3 Å². The lowest BCUT2D eigenvalue weighted by molar-refractivity contribution is -0.141. The molecule has 6 nitrogen and oxygen atoms in total. The number of thioether (sulfide) groups is 1. The van der Waals surface area contributed by atoms with Gasteiger partial charge in [0.15, 0.2) is 28.2 Å². The highest BCUT2D eigenvalue weighted by molar-refractivity contribution is 7.99. The highest BCUT2D eigenvalue weighted by Gasteiger charge is 2.33. The maximum atomic E-state index is 13.0. The summed E-state index contributed by atoms with van der Waals surface area (Å²) in [6.45, 7) is 0. The Morgan fingerprint density at radius 2 is 2.07 bits per heavy atom. The van der Waals surface area contributed by atoms with Gasteiger partial charge in [0.1, 0.15) is 0 Å². The second-order valence-corrected chi connectivity index (χ2v) is 5.81. The molecule has 0 amide bonds. The second-order valence-electron chi connectivity index (χ2n) is 4.86. The van der Waals surface area contributed by atoms with Gasteiger partial charge < -0.3 is 9.47 Å². The molecule has 0 saturated carbocycles. The van der Waals surface area contributed by atoms with Crippen molar-refractivity contribution < 1.29 is 22.6 Å². The van der Waals surface area contributed by atoms with Crippen molar-refractivity contribution in [2.24, 2.45) is 5.10 Å². The molecule has 0 aliphatic heterocycles. The molecule has 142 valence electrons. The smallest absolute Gasteiger partial charge is 0.433 e. The zero-order valence-electron chi connectivity index (χ0n) is 14.4. The summed E-state index contributed by atoms with van der Waals surface area (Å²) in [5, 5.41) is 3.82. The molecule has 1 aromatic heterocycles. The molecule has 0 aliphatic rings. The quantitative estimate of drug-likeness (QED) is 0.253. The fraction of sp³-hybridized carbons (Fsp3) is 0.235. The summed E-state index contributed by atoms with van der Waals surface area (Å²) in [5.74, 6) is 3.27. The third-order valence-electron chi connectivity index (χ3n) is 3.10. The number of hydrazone groups is 1. The third kappa shape index (κ3) is 5.52. The number of benzene rings is 1. The van der Waals surface area contributed by atoms with E-state index in [1.165, 1.54) is 20.4 Å². The van der Waals surface area contributed by atoms with Crippen LogP contribution in [0.2, 0.25) is 0 Å². The molecule has 2 aromatic rings. The number of hydrogen-bond acceptors (Lipinski definition) is 7. The number of nitrogens with zero attached hydrogens (tertiary/aromatic N) is 3. The van der Waals surface area contributed by atoms with Crippen LogP contribution in [0.3, 0.4) is 0 Å². The van der Waals surface area contributed by atoms with E-state index in [0.717, 1.165) is 17.8 Å². The third-order valence-corrected chi connectivity index (χ3v) is 3.85. The first-order valence-electron chi connectivity index (χ1n) is 7.41. The summed E-state index contributed by atoms with van der Waals surface area (Å²) < 4.78 is 49.4. The standard InChI is InChI=1S/C17H15F3N4O2S/c1-4-8-27-16-22-13(17(18,19)20)9-14(23-16)24-21-10-11-6-5-7-12(25-2)15(11)26-3/h1,5-7,9-10H,8H2,2-3H3,(H,22,23,24). The summed E-state index contributed by atoms with van der Waals surface area (Å²) in [5.41, 5.74) is 1.95. The van der Waals surface area contributed by atoms with Crippen molar-refractivity contribution in [2.45, 2.75) is 11.3 Å². The van der Waals surface area contributed by atoms with Crippen LogP contribution in [0.15, 0.2) is 34.5 Å². The van der Waals surface area contributed by atoms with E-state index in [1.807, 2.05) is 0 Å². The first-order chi connectivity index (χ1) is 12.9. The van der Waals surface area contributed by atoms with Crippen LogP contribution in [-0.2, 0) is 6.18 Å². The molecule has 0 bridgehead atoms. The molecule has 27 heavy (non-hydrogen) atoms. The molecule has 0 spiro atoms. The van der Waals surface area contributed by atoms with Gasteiger partial charge in [0.2, 0.25) is 0 Å². The Morgan fingerprint density at radius 1 is 1.30 bits per heavy atom. The van der Waals surface area contributed by atoms with Crippen LogP contribution in [0.25, 0.3) is 0 Å². The normalized spacial score (nSPS) is 11.3. The zero-order valence-corrected chi connectivity index (χ0v) is 15.2. The first kappa shape index (κ1) is 20.4. The van der Waals surface area contributed by atoms with Gasteiger partial charge in [0.25, 0.3) is 0 Å². The van der Waals surface area contributed by atoms with Crippen LogP contribution >= 0.6 is 11.8 Å². The topological polar surface area (TPSA) is 68.6 Å². The van der Waals surface area contributed by atoms with Crippen LogP contribution in [0.4, 0.5) is 19.0 Å². The van der Waals surface area contributed by atoms with Crippen molar-refractivity contribution >= 4 is 23.8 Å². The summed E-state index contributed by atoms with van der Waals surface area (Å²) in [6, 6.07) is 5.91. The van der Waals surface area contributed by atoms with Crippen LogP contribution in [0.5, 0.6) is 11.5 Å². The SMILES string of the molecule is C#CCSc1nc(NN=Cc2cccc(OC)c2OC)cc(C(F)(F)F)n1. The monoisotopic (exact) mass is 396 g/mol. The minimum absolute atomic E-state index is 0.0977. The molecule has 1 N–H and O–H groups in total.